The van der Waals surface area contributed by atoms with Gasteiger partial charge in [-0.1, -0.05) is 35.3 Å². The molecule has 32 heteroatoms. The number of nitrogens with two attached hydrogens (primary N) is 3. The van der Waals surface area contributed by atoms with Gasteiger partial charge in [-0.2, -0.15) is 61.5 Å². The number of carbonyl (C=O) groups is 5. The summed E-state index contributed by atoms with van der Waals surface area (Å²) in [7, 11) is 0. The molecular weight excluding hydrogens is 911 g/mol. The van der Waals surface area contributed by atoms with E-state index in [4.69, 9.17) is 42.4 Å². The molecule has 0 aliphatic heterocycles. The van der Waals surface area contributed by atoms with Gasteiger partial charge in [-0.3, -0.25) is 14.4 Å². The largest absolute Gasteiger partial charge is 0.480 e. The summed E-state index contributed by atoms with van der Waals surface area (Å²) in [6, 6.07) is -5.51. The summed E-state index contributed by atoms with van der Waals surface area (Å²) in [4.78, 5) is 52.2. The molecule has 0 aromatic heterocycles. The number of halogens is 14. The van der Waals surface area contributed by atoms with Crippen LogP contribution in [0.15, 0.2) is 0 Å². The number of hydrogen-bond acceptors (Lipinski definition) is 13. The van der Waals surface area contributed by atoms with Crippen LogP contribution in [0.1, 0.15) is 40.0 Å². The predicted octanol–water partition coefficient (Wildman–Crippen LogP) is 5.98. The number of alkyl carbamates (subject to hydrolysis) is 1. The highest BCUT2D eigenvalue weighted by molar-refractivity contribution is 8.00. The van der Waals surface area contributed by atoms with Crippen molar-refractivity contribution in [2.24, 2.45) is 17.2 Å². The van der Waals surface area contributed by atoms with Crippen LogP contribution in [0.2, 0.25) is 0 Å². The highest BCUT2D eigenvalue weighted by Gasteiger charge is 2.57. The van der Waals surface area contributed by atoms with Crippen molar-refractivity contribution >= 4 is 77.0 Å². The Morgan fingerprint density at radius 3 is 1.16 bits per heavy atom. The van der Waals surface area contributed by atoms with Gasteiger partial charge in [0.2, 0.25) is 0 Å². The van der Waals surface area contributed by atoms with Crippen LogP contribution >= 0.6 is 47.0 Å². The Balaban J connectivity index is -0.000000336. The van der Waals surface area contributed by atoms with Crippen LogP contribution in [0.25, 0.3) is 0 Å². The molecular formula is C25H38F14N4O10S4. The lowest BCUT2D eigenvalue weighted by molar-refractivity contribution is -0.237. The molecule has 0 fully saturated rings. The van der Waals surface area contributed by atoms with Crippen molar-refractivity contribution < 1.29 is 111 Å². The average molecular weight is 949 g/mol. The van der Waals surface area contributed by atoms with Crippen LogP contribution in [-0.4, -0.2) is 131 Å². The summed E-state index contributed by atoms with van der Waals surface area (Å²) in [5, 5.41) is 30.4. The van der Waals surface area contributed by atoms with E-state index in [0.29, 0.717) is 0 Å². The maximum Gasteiger partial charge on any atom is 0.464 e. The van der Waals surface area contributed by atoms with Gasteiger partial charge in [0, 0.05) is 23.0 Å². The number of carbonyl (C=O) groups excluding carboxylic acids is 1. The van der Waals surface area contributed by atoms with Crippen LogP contribution in [0.3, 0.4) is 0 Å². The minimum Gasteiger partial charge on any atom is -0.480 e. The zero-order valence-corrected chi connectivity index (χ0v) is 32.4. The molecule has 57 heavy (non-hydrogen) atoms. The van der Waals surface area contributed by atoms with Crippen LogP contribution in [0.4, 0.5) is 66.3 Å². The lowest BCUT2D eigenvalue weighted by Crippen LogP contribution is -2.43. The van der Waals surface area contributed by atoms with Gasteiger partial charge in [0.15, 0.2) is 0 Å². The molecule has 0 rings (SSSR count). The predicted molar refractivity (Wildman–Crippen MR) is 180 cm³/mol. The Labute approximate surface area is 330 Å². The fourth-order valence-corrected chi connectivity index (χ4v) is 4.69. The molecule has 11 N–H and O–H groups in total. The van der Waals surface area contributed by atoms with Gasteiger partial charge in [0.1, 0.15) is 29.8 Å². The first-order chi connectivity index (χ1) is 25.1. The second-order valence-electron chi connectivity index (χ2n) is 10.9. The zero-order chi connectivity index (χ0) is 46.4. The molecule has 4 atom stereocenters. The van der Waals surface area contributed by atoms with E-state index in [-0.39, 0.29) is 42.1 Å². The Morgan fingerprint density at radius 2 is 0.877 bits per heavy atom. The molecule has 0 heterocycles. The highest BCUT2D eigenvalue weighted by Crippen LogP contribution is 2.44. The van der Waals surface area contributed by atoms with E-state index in [1.54, 1.807) is 20.8 Å². The van der Waals surface area contributed by atoms with Gasteiger partial charge in [-0.25, -0.2) is 9.59 Å². The number of thioether (sulfide) groups is 4. The van der Waals surface area contributed by atoms with E-state index in [0.717, 1.165) is 0 Å². The Hall–Kier alpha value is -2.55. The number of rotatable bonds is 17. The third-order valence-electron chi connectivity index (χ3n) is 4.78. The van der Waals surface area contributed by atoms with Crippen molar-refractivity contribution in [3.63, 3.8) is 0 Å². The zero-order valence-electron chi connectivity index (χ0n) is 29.2. The third-order valence-corrected chi connectivity index (χ3v) is 8.20. The molecule has 0 aromatic carbocycles. The van der Waals surface area contributed by atoms with Gasteiger partial charge >= 0.3 is 57.9 Å². The molecule has 340 valence electrons. The van der Waals surface area contributed by atoms with Crippen molar-refractivity contribution in [2.75, 3.05) is 23.0 Å². The minimum absolute atomic E-state index is 0.181. The lowest BCUT2D eigenvalue weighted by Gasteiger charge is -2.22. The van der Waals surface area contributed by atoms with E-state index in [9.17, 15) is 85.4 Å². The maximum atomic E-state index is 12.2. The second-order valence-corrected chi connectivity index (χ2v) is 15.6. The van der Waals surface area contributed by atoms with Gasteiger partial charge in [-0.05, 0) is 51.8 Å². The molecule has 0 saturated heterocycles. The average Bonchev–Trinajstić information content (AvgIpc) is 2.96. The van der Waals surface area contributed by atoms with Gasteiger partial charge in [0.25, 0.3) is 0 Å². The smallest absolute Gasteiger partial charge is 0.464 e. The Kier molecular flexibility index (Phi) is 29.2. The number of carboxylic acid groups (broad SMARTS) is 4. The van der Waals surface area contributed by atoms with Crippen LogP contribution in [-0.2, 0) is 23.9 Å². The molecule has 1 amide bonds. The molecule has 0 radical (unpaired) electrons. The first-order valence-corrected chi connectivity index (χ1v) is 18.5. The number of hydrogen-bond donors (Lipinski definition) is 8. The van der Waals surface area contributed by atoms with Crippen LogP contribution in [0.5, 0.6) is 0 Å². The first-order valence-electron chi connectivity index (χ1n) is 14.5. The van der Waals surface area contributed by atoms with E-state index >= 15 is 0 Å². The van der Waals surface area contributed by atoms with Gasteiger partial charge < -0.3 is 47.7 Å². The van der Waals surface area contributed by atoms with E-state index in [1.807, 2.05) is 5.32 Å². The molecule has 0 aliphatic carbocycles. The number of nitrogens with one attached hydrogen (secondary N) is 1. The fraction of sp³-hybridized carbons (Fsp3) is 0.800. The fourth-order valence-electron chi connectivity index (χ4n) is 2.20. The summed E-state index contributed by atoms with van der Waals surface area (Å²) in [6.07, 6.45) is -7.59. The summed E-state index contributed by atoms with van der Waals surface area (Å²) < 4.78 is 168. The monoisotopic (exact) mass is 948 g/mol. The Bertz CT molecular complexity index is 1230. The van der Waals surface area contributed by atoms with E-state index in [1.165, 1.54) is 0 Å². The molecule has 0 spiro atoms. The molecule has 0 unspecified atom stereocenters. The van der Waals surface area contributed by atoms with E-state index in [2.05, 4.69) is 0 Å². The second kappa shape index (κ2) is 27.3. The number of amides is 1. The summed E-state index contributed by atoms with van der Waals surface area (Å²) in [5.74, 6) is -7.68. The highest BCUT2D eigenvalue weighted by atomic mass is 32.2. The summed E-state index contributed by atoms with van der Waals surface area (Å²) in [5.41, 5.74) is 0.734. The third kappa shape index (κ3) is 41.4. The van der Waals surface area contributed by atoms with Crippen LogP contribution < -0.4 is 22.5 Å². The molecule has 0 aliphatic rings. The molecule has 0 bridgehead atoms. The molecule has 0 saturated carbocycles. The Morgan fingerprint density at radius 1 is 0.544 bits per heavy atom. The van der Waals surface area contributed by atoms with Crippen molar-refractivity contribution in [3.8, 4) is 0 Å². The normalized spacial score (nSPS) is 14.4. The van der Waals surface area contributed by atoms with Gasteiger partial charge in [0.05, 0.1) is 0 Å². The molecule has 14 nitrogen and oxygen atoms in total. The summed E-state index contributed by atoms with van der Waals surface area (Å²) in [6.45, 7) is 4.76. The quantitative estimate of drug-likeness (QED) is 0.0780. The number of aliphatic carboxylic acids is 4. The first kappa shape index (κ1) is 61.1. The summed E-state index contributed by atoms with van der Waals surface area (Å²) >= 11 is -1.71. The SMILES string of the molecule is CC(C)(C)OC(=O)N[C@@H](CCSC(F)(F)F)C(=O)O.N[C@@H](CCSC(F)(F)C(F)(F)F)C(=O)O.N[C@@H](CCSC(F)(F)F)C(=O)O.N[C@@H](CSC(F)(F)F)C(=O)O. The van der Waals surface area contributed by atoms with Crippen molar-refractivity contribution in [1.29, 1.82) is 0 Å². The maximum absolute atomic E-state index is 12.2. The van der Waals surface area contributed by atoms with E-state index < -0.39 is 135 Å². The molecule has 0 aromatic rings. The van der Waals surface area contributed by atoms with Gasteiger partial charge in [-0.15, -0.1) is 0 Å². The topological polar surface area (TPSA) is 266 Å². The number of alkyl halides is 14. The van der Waals surface area contributed by atoms with Crippen molar-refractivity contribution in [1.82, 2.24) is 5.32 Å². The van der Waals surface area contributed by atoms with Crippen molar-refractivity contribution in [3.05, 3.63) is 0 Å². The van der Waals surface area contributed by atoms with Crippen LogP contribution in [0, 0.1) is 0 Å². The standard InChI is InChI=1S/C10H16F3NO4S.C6H8F5NO2S.C5H8F3NO2S.C4H6F3NO2S/c1-9(2,3)18-8(17)14-6(7(15)16)4-5-19-10(11,12)13;7-5(8,9)6(10,11)15-2-1-3(12)4(13)14;6-5(7,8)12-2-1-3(9)4(10)11;5-4(6,7)11-1-2(8)3(9)10/h6H,4-5H2,1-3H3,(H,14,17)(H,15,16);3H,1-2,12H2,(H,13,14);3H,1-2,9H2,(H,10,11);2H,1,8H2,(H,9,10)/t6-;2*3-;2-/m0000/s1. The minimum atomic E-state index is -5.63. The number of ether oxygens (including phenoxy) is 1. The lowest BCUT2D eigenvalue weighted by atomic mass is 10.2. The van der Waals surface area contributed by atoms with Crippen molar-refractivity contribution in [2.45, 2.75) is 97.8 Å². The number of carboxylic acids is 4.